The quantitative estimate of drug-likeness (QED) is 0.746. The number of carbonyl (C=O) groups is 1. The molecule has 0 spiro atoms. The summed E-state index contributed by atoms with van der Waals surface area (Å²) in [5, 5.41) is 3.03. The minimum absolute atomic E-state index is 0.0217. The highest BCUT2D eigenvalue weighted by Gasteiger charge is 2.30. The highest BCUT2D eigenvalue weighted by Crippen LogP contribution is 2.16. The van der Waals surface area contributed by atoms with Crippen molar-refractivity contribution >= 4 is 5.91 Å². The van der Waals surface area contributed by atoms with Crippen molar-refractivity contribution in [3.05, 3.63) is 0 Å². The smallest absolute Gasteiger partial charge is 0.237 e. The molecule has 1 rings (SSSR count). The van der Waals surface area contributed by atoms with Gasteiger partial charge in [-0.15, -0.1) is 0 Å². The first-order valence-electron chi connectivity index (χ1n) is 7.75. The van der Waals surface area contributed by atoms with Gasteiger partial charge in [0.2, 0.25) is 5.91 Å². The number of nitrogens with two attached hydrogens (primary N) is 1. The van der Waals surface area contributed by atoms with Crippen molar-refractivity contribution in [1.82, 2.24) is 15.1 Å². The average molecular weight is 284 g/mol. The van der Waals surface area contributed by atoms with Gasteiger partial charge < -0.3 is 16.0 Å². The van der Waals surface area contributed by atoms with Crippen LogP contribution in [0.3, 0.4) is 0 Å². The number of hydrogen-bond donors (Lipinski definition) is 2. The normalized spacial score (nSPS) is 21.5. The van der Waals surface area contributed by atoms with E-state index in [1.807, 2.05) is 6.92 Å². The lowest BCUT2D eigenvalue weighted by Gasteiger charge is -2.43. The van der Waals surface area contributed by atoms with E-state index in [1.165, 1.54) is 0 Å². The van der Waals surface area contributed by atoms with Gasteiger partial charge in [0.15, 0.2) is 0 Å². The van der Waals surface area contributed by atoms with E-state index in [1.54, 1.807) is 0 Å². The summed E-state index contributed by atoms with van der Waals surface area (Å²) in [5.41, 5.74) is 5.94. The van der Waals surface area contributed by atoms with Crippen LogP contribution in [0.15, 0.2) is 0 Å². The van der Waals surface area contributed by atoms with Gasteiger partial charge in [-0.2, -0.15) is 0 Å². The van der Waals surface area contributed by atoms with Crippen LogP contribution >= 0.6 is 0 Å². The molecule has 0 aromatic rings. The fourth-order valence-corrected chi connectivity index (χ4v) is 2.46. The van der Waals surface area contributed by atoms with Gasteiger partial charge in [-0.3, -0.25) is 9.69 Å². The van der Waals surface area contributed by atoms with Crippen LogP contribution in [0.5, 0.6) is 0 Å². The lowest BCUT2D eigenvalue weighted by atomic mass is 9.98. The summed E-state index contributed by atoms with van der Waals surface area (Å²) in [6, 6.07) is -0.400. The second-order valence-electron chi connectivity index (χ2n) is 6.73. The predicted octanol–water partition coefficient (Wildman–Crippen LogP) is 0.502. The number of carbonyl (C=O) groups excluding carboxylic acids is 1. The number of likely N-dealkylation sites (N-methyl/N-ethyl adjacent to an activating group) is 1. The molecule has 1 amide bonds. The Labute approximate surface area is 123 Å². The molecule has 0 aromatic heterocycles. The Bertz CT molecular complexity index is 311. The highest BCUT2D eigenvalue weighted by atomic mass is 16.2. The van der Waals surface area contributed by atoms with Gasteiger partial charge in [-0.05, 0) is 26.8 Å². The van der Waals surface area contributed by atoms with Gasteiger partial charge >= 0.3 is 0 Å². The lowest BCUT2D eigenvalue weighted by Crippen LogP contribution is -2.59. The Kier molecular flexibility index (Phi) is 6.43. The Morgan fingerprint density at radius 3 is 2.35 bits per heavy atom. The van der Waals surface area contributed by atoms with Crippen LogP contribution in [0.2, 0.25) is 0 Å². The predicted molar refractivity (Wildman–Crippen MR) is 83.6 cm³/mol. The van der Waals surface area contributed by atoms with Crippen molar-refractivity contribution in [3.8, 4) is 0 Å². The van der Waals surface area contributed by atoms with Gasteiger partial charge in [0, 0.05) is 38.3 Å². The van der Waals surface area contributed by atoms with E-state index in [0.29, 0.717) is 6.54 Å². The van der Waals surface area contributed by atoms with Crippen molar-refractivity contribution < 1.29 is 4.79 Å². The molecule has 0 bridgehead atoms. The summed E-state index contributed by atoms with van der Waals surface area (Å²) < 4.78 is 0. The third-order valence-corrected chi connectivity index (χ3v) is 4.61. The molecule has 2 atom stereocenters. The molecular formula is C15H32N4O. The topological polar surface area (TPSA) is 61.6 Å². The fraction of sp³-hybridized carbons (Fsp3) is 0.933. The molecule has 1 saturated heterocycles. The van der Waals surface area contributed by atoms with E-state index in [9.17, 15) is 4.79 Å². The molecule has 20 heavy (non-hydrogen) atoms. The molecule has 3 N–H and O–H groups in total. The molecule has 1 unspecified atom stereocenters. The maximum atomic E-state index is 12.1. The Balaban J connectivity index is 2.44. The molecule has 0 saturated carbocycles. The maximum Gasteiger partial charge on any atom is 0.237 e. The van der Waals surface area contributed by atoms with Gasteiger partial charge in [-0.1, -0.05) is 20.3 Å². The minimum atomic E-state index is -0.400. The number of nitrogens with zero attached hydrogens (tertiary/aromatic N) is 2. The van der Waals surface area contributed by atoms with Crippen LogP contribution in [0.4, 0.5) is 0 Å². The molecule has 1 aliphatic rings. The Morgan fingerprint density at radius 2 is 1.85 bits per heavy atom. The highest BCUT2D eigenvalue weighted by molar-refractivity contribution is 5.81. The summed E-state index contributed by atoms with van der Waals surface area (Å²) in [5.74, 6) is 0.198. The first-order chi connectivity index (χ1) is 9.27. The number of hydrogen-bond acceptors (Lipinski definition) is 4. The van der Waals surface area contributed by atoms with E-state index in [2.05, 4.69) is 42.9 Å². The van der Waals surface area contributed by atoms with Crippen molar-refractivity contribution in [2.24, 2.45) is 11.7 Å². The van der Waals surface area contributed by atoms with Gasteiger partial charge in [0.25, 0.3) is 0 Å². The summed E-state index contributed by atoms with van der Waals surface area (Å²) in [4.78, 5) is 16.8. The molecule has 1 heterocycles. The molecule has 1 fully saturated rings. The largest absolute Gasteiger partial charge is 0.353 e. The summed E-state index contributed by atoms with van der Waals surface area (Å²) in [7, 11) is 2.15. The Morgan fingerprint density at radius 1 is 1.30 bits per heavy atom. The molecule has 0 radical (unpaired) electrons. The number of rotatable bonds is 6. The zero-order valence-electron chi connectivity index (χ0n) is 13.8. The second kappa shape index (κ2) is 7.38. The van der Waals surface area contributed by atoms with Crippen LogP contribution in [0.25, 0.3) is 0 Å². The third-order valence-electron chi connectivity index (χ3n) is 4.61. The number of piperazine rings is 1. The Hall–Kier alpha value is -0.650. The molecular weight excluding hydrogens is 252 g/mol. The standard InChI is InChI=1S/C15H32N4O/c1-6-12(2)13(16)14(20)17-11-15(3,4)19-9-7-18(5)8-10-19/h12-13H,6-11,16H2,1-5H3,(H,17,20)/t12?,13-/m0/s1. The third kappa shape index (κ3) is 4.72. The van der Waals surface area contributed by atoms with Crippen molar-refractivity contribution in [1.29, 1.82) is 0 Å². The maximum absolute atomic E-state index is 12.1. The molecule has 0 aliphatic carbocycles. The molecule has 5 heteroatoms. The van der Waals surface area contributed by atoms with Crippen molar-refractivity contribution in [2.45, 2.75) is 45.7 Å². The SMILES string of the molecule is CCC(C)[C@H](N)C(=O)NCC(C)(C)N1CCN(C)CC1. The monoisotopic (exact) mass is 284 g/mol. The summed E-state index contributed by atoms with van der Waals surface area (Å²) in [6.07, 6.45) is 0.927. The van der Waals surface area contributed by atoms with E-state index in [4.69, 9.17) is 5.73 Å². The number of amides is 1. The van der Waals surface area contributed by atoms with Crippen LogP contribution in [0, 0.1) is 5.92 Å². The molecule has 1 aliphatic heterocycles. The summed E-state index contributed by atoms with van der Waals surface area (Å²) >= 11 is 0. The zero-order chi connectivity index (χ0) is 15.3. The first-order valence-corrected chi connectivity index (χ1v) is 7.75. The minimum Gasteiger partial charge on any atom is -0.353 e. The first kappa shape index (κ1) is 17.4. The molecule has 0 aromatic carbocycles. The van der Waals surface area contributed by atoms with Crippen LogP contribution in [-0.4, -0.2) is 67.1 Å². The van der Waals surface area contributed by atoms with Crippen LogP contribution < -0.4 is 11.1 Å². The van der Waals surface area contributed by atoms with E-state index in [0.717, 1.165) is 32.6 Å². The van der Waals surface area contributed by atoms with Crippen molar-refractivity contribution in [2.75, 3.05) is 39.8 Å². The lowest BCUT2D eigenvalue weighted by molar-refractivity contribution is -0.124. The van der Waals surface area contributed by atoms with Gasteiger partial charge in [-0.25, -0.2) is 0 Å². The second-order valence-corrected chi connectivity index (χ2v) is 6.73. The van der Waals surface area contributed by atoms with Crippen LogP contribution in [-0.2, 0) is 4.79 Å². The summed E-state index contributed by atoms with van der Waals surface area (Å²) in [6.45, 7) is 13.4. The van der Waals surface area contributed by atoms with E-state index >= 15 is 0 Å². The van der Waals surface area contributed by atoms with Crippen LogP contribution in [0.1, 0.15) is 34.1 Å². The molecule has 5 nitrogen and oxygen atoms in total. The number of nitrogens with one attached hydrogen (secondary N) is 1. The fourth-order valence-electron chi connectivity index (χ4n) is 2.46. The molecule has 118 valence electrons. The van der Waals surface area contributed by atoms with E-state index in [-0.39, 0.29) is 17.4 Å². The van der Waals surface area contributed by atoms with E-state index < -0.39 is 6.04 Å². The average Bonchev–Trinajstić information content (AvgIpc) is 2.43. The zero-order valence-corrected chi connectivity index (χ0v) is 13.8. The van der Waals surface area contributed by atoms with Gasteiger partial charge in [0.1, 0.15) is 0 Å². The van der Waals surface area contributed by atoms with Gasteiger partial charge in [0.05, 0.1) is 6.04 Å². The van der Waals surface area contributed by atoms with Crippen molar-refractivity contribution in [3.63, 3.8) is 0 Å².